The molecular weight excluding hydrogens is 410 g/mol. The maximum atomic E-state index is 6.08. The molecule has 5 heteroatoms. The van der Waals surface area contributed by atoms with Gasteiger partial charge in [0.1, 0.15) is 5.82 Å². The van der Waals surface area contributed by atoms with Crippen LogP contribution in [-0.2, 0) is 0 Å². The van der Waals surface area contributed by atoms with E-state index < -0.39 is 0 Å². The summed E-state index contributed by atoms with van der Waals surface area (Å²) < 4.78 is 0.934. The predicted octanol–water partition coefficient (Wildman–Crippen LogP) is 6.73. The van der Waals surface area contributed by atoms with Gasteiger partial charge in [0.2, 0.25) is 5.28 Å². The number of benzene rings is 2. The zero-order chi connectivity index (χ0) is 18.8. The zero-order valence-corrected chi connectivity index (χ0v) is 17.4. The Balaban J connectivity index is 2.24. The van der Waals surface area contributed by atoms with E-state index in [0.29, 0.717) is 5.82 Å². The van der Waals surface area contributed by atoms with Crippen molar-refractivity contribution in [1.29, 1.82) is 0 Å². The lowest BCUT2D eigenvalue weighted by Gasteiger charge is -2.15. The summed E-state index contributed by atoms with van der Waals surface area (Å²) in [6, 6.07) is 8.39. The van der Waals surface area contributed by atoms with E-state index in [1.807, 2.05) is 6.07 Å². The highest BCUT2D eigenvalue weighted by molar-refractivity contribution is 9.10. The van der Waals surface area contributed by atoms with E-state index >= 15 is 0 Å². The smallest absolute Gasteiger partial charge is 0.224 e. The second kappa shape index (κ2) is 7.77. The first kappa shape index (κ1) is 18.9. The van der Waals surface area contributed by atoms with Crippen molar-refractivity contribution in [3.05, 3.63) is 56.8 Å². The minimum atomic E-state index is 0.160. The molecule has 2 N–H and O–H groups in total. The number of nitrogen functional groups attached to an aromatic ring is 1. The molecule has 1 aromatic heterocycles. The fraction of sp³-hybridized carbons (Fsp3) is 0.238. The van der Waals surface area contributed by atoms with E-state index in [1.165, 1.54) is 16.7 Å². The summed E-state index contributed by atoms with van der Waals surface area (Å²) in [5, 5.41) is 0.956. The Morgan fingerprint density at radius 1 is 1.12 bits per heavy atom. The van der Waals surface area contributed by atoms with Crippen molar-refractivity contribution in [2.75, 3.05) is 5.73 Å². The van der Waals surface area contributed by atoms with Crippen molar-refractivity contribution in [2.24, 2.45) is 0 Å². The number of nitrogens with two attached hydrogens (primary N) is 1. The van der Waals surface area contributed by atoms with E-state index in [0.717, 1.165) is 39.3 Å². The third-order valence-corrected chi connectivity index (χ3v) is 4.98. The molecule has 0 amide bonds. The fourth-order valence-corrected chi connectivity index (χ4v) is 3.92. The van der Waals surface area contributed by atoms with Crippen molar-refractivity contribution in [2.45, 2.75) is 33.6 Å². The number of rotatable bonds is 4. The van der Waals surface area contributed by atoms with Gasteiger partial charge in [-0.1, -0.05) is 53.6 Å². The van der Waals surface area contributed by atoms with E-state index in [2.05, 4.69) is 77.0 Å². The SMILES string of the molecule is CCC/C=C/c1cc(C)c(-c2cc(Br)cc3c(N)nc(Cl)nc23)c(C)c1. The minimum absolute atomic E-state index is 0.160. The molecule has 0 bridgehead atoms. The Labute approximate surface area is 167 Å². The monoisotopic (exact) mass is 429 g/mol. The summed E-state index contributed by atoms with van der Waals surface area (Å²) >= 11 is 9.66. The number of allylic oxidation sites excluding steroid dienone is 1. The van der Waals surface area contributed by atoms with Gasteiger partial charge in [-0.05, 0) is 66.3 Å². The van der Waals surface area contributed by atoms with Crippen molar-refractivity contribution < 1.29 is 0 Å². The first-order valence-electron chi connectivity index (χ1n) is 8.61. The van der Waals surface area contributed by atoms with Crippen LogP contribution < -0.4 is 5.73 Å². The third-order valence-electron chi connectivity index (χ3n) is 4.36. The fourth-order valence-electron chi connectivity index (χ4n) is 3.29. The molecule has 0 fully saturated rings. The van der Waals surface area contributed by atoms with Crippen LogP contribution in [-0.4, -0.2) is 9.97 Å². The molecule has 1 heterocycles. The molecule has 0 aliphatic heterocycles. The quantitative estimate of drug-likeness (QED) is 0.467. The van der Waals surface area contributed by atoms with E-state index in [9.17, 15) is 0 Å². The number of aromatic nitrogens is 2. The Morgan fingerprint density at radius 2 is 1.81 bits per heavy atom. The number of hydrogen-bond donors (Lipinski definition) is 1. The molecule has 0 aliphatic rings. The van der Waals surface area contributed by atoms with Gasteiger partial charge < -0.3 is 5.73 Å². The Kier molecular flexibility index (Phi) is 5.64. The molecule has 3 rings (SSSR count). The number of anilines is 1. The Morgan fingerprint density at radius 3 is 2.46 bits per heavy atom. The lowest BCUT2D eigenvalue weighted by molar-refractivity contribution is 0.962. The third kappa shape index (κ3) is 3.76. The zero-order valence-electron chi connectivity index (χ0n) is 15.1. The van der Waals surface area contributed by atoms with Crippen molar-refractivity contribution in [1.82, 2.24) is 9.97 Å². The van der Waals surface area contributed by atoms with Gasteiger partial charge in [-0.2, -0.15) is 0 Å². The van der Waals surface area contributed by atoms with E-state index in [-0.39, 0.29) is 5.28 Å². The summed E-state index contributed by atoms with van der Waals surface area (Å²) in [6.07, 6.45) is 6.64. The summed E-state index contributed by atoms with van der Waals surface area (Å²) in [5.74, 6) is 0.386. The van der Waals surface area contributed by atoms with Crippen LogP contribution in [0, 0.1) is 13.8 Å². The highest BCUT2D eigenvalue weighted by Crippen LogP contribution is 2.37. The number of nitrogens with zero attached hydrogens (tertiary/aromatic N) is 2. The first-order chi connectivity index (χ1) is 12.4. The highest BCUT2D eigenvalue weighted by atomic mass is 79.9. The molecule has 0 saturated carbocycles. The second-order valence-corrected chi connectivity index (χ2v) is 7.70. The normalized spacial score (nSPS) is 11.6. The molecular formula is C21H21BrClN3. The van der Waals surface area contributed by atoms with Gasteiger partial charge in [-0.25, -0.2) is 9.97 Å². The van der Waals surface area contributed by atoms with Crippen LogP contribution >= 0.6 is 27.5 Å². The maximum absolute atomic E-state index is 6.08. The van der Waals surface area contributed by atoms with Gasteiger partial charge in [0.15, 0.2) is 0 Å². The van der Waals surface area contributed by atoms with Crippen LogP contribution in [0.1, 0.15) is 36.5 Å². The lowest BCUT2D eigenvalue weighted by Crippen LogP contribution is -1.98. The lowest BCUT2D eigenvalue weighted by atomic mass is 9.92. The van der Waals surface area contributed by atoms with Gasteiger partial charge in [0.05, 0.1) is 5.52 Å². The van der Waals surface area contributed by atoms with Crippen LogP contribution in [0.5, 0.6) is 0 Å². The molecule has 0 saturated heterocycles. The summed E-state index contributed by atoms with van der Waals surface area (Å²) in [5.41, 5.74) is 12.6. The van der Waals surface area contributed by atoms with Crippen LogP contribution in [0.15, 0.2) is 34.8 Å². The number of fused-ring (bicyclic) bond motifs is 1. The molecule has 134 valence electrons. The number of aryl methyl sites for hydroxylation is 2. The molecule has 0 atom stereocenters. The van der Waals surface area contributed by atoms with Crippen LogP contribution in [0.4, 0.5) is 5.82 Å². The summed E-state index contributed by atoms with van der Waals surface area (Å²) in [6.45, 7) is 6.43. The van der Waals surface area contributed by atoms with Crippen molar-refractivity contribution >= 4 is 50.3 Å². The average Bonchev–Trinajstić information content (AvgIpc) is 2.55. The molecule has 0 unspecified atom stereocenters. The van der Waals surface area contributed by atoms with Crippen molar-refractivity contribution in [3.8, 4) is 11.1 Å². The number of unbranched alkanes of at least 4 members (excludes halogenated alkanes) is 1. The topological polar surface area (TPSA) is 51.8 Å². The molecule has 3 nitrogen and oxygen atoms in total. The minimum Gasteiger partial charge on any atom is -0.383 e. The van der Waals surface area contributed by atoms with E-state index in [4.69, 9.17) is 17.3 Å². The molecule has 0 spiro atoms. The predicted molar refractivity (Wildman–Crippen MR) is 116 cm³/mol. The molecule has 3 aromatic rings. The van der Waals surface area contributed by atoms with Crippen LogP contribution in [0.2, 0.25) is 5.28 Å². The molecule has 0 radical (unpaired) electrons. The van der Waals surface area contributed by atoms with Gasteiger partial charge in [-0.15, -0.1) is 0 Å². The summed E-state index contributed by atoms with van der Waals surface area (Å²) in [7, 11) is 0. The Bertz CT molecular complexity index is 989. The van der Waals surface area contributed by atoms with Gasteiger partial charge in [0.25, 0.3) is 0 Å². The van der Waals surface area contributed by atoms with Crippen LogP contribution in [0.25, 0.3) is 28.1 Å². The van der Waals surface area contributed by atoms with Crippen molar-refractivity contribution in [3.63, 3.8) is 0 Å². The number of halogens is 2. The largest absolute Gasteiger partial charge is 0.383 e. The molecule has 2 aromatic carbocycles. The van der Waals surface area contributed by atoms with Gasteiger partial charge in [-0.3, -0.25) is 0 Å². The second-order valence-electron chi connectivity index (χ2n) is 6.45. The summed E-state index contributed by atoms with van der Waals surface area (Å²) in [4.78, 5) is 8.54. The van der Waals surface area contributed by atoms with Gasteiger partial charge >= 0.3 is 0 Å². The number of hydrogen-bond acceptors (Lipinski definition) is 3. The molecule has 0 aliphatic carbocycles. The highest BCUT2D eigenvalue weighted by Gasteiger charge is 2.15. The van der Waals surface area contributed by atoms with Crippen LogP contribution in [0.3, 0.4) is 0 Å². The van der Waals surface area contributed by atoms with E-state index in [1.54, 1.807) is 0 Å². The van der Waals surface area contributed by atoms with Gasteiger partial charge in [0, 0.05) is 15.4 Å². The average molecular weight is 431 g/mol. The Hall–Kier alpha value is -1.91. The standard InChI is InChI=1S/C21H21BrClN3/c1-4-5-6-7-14-8-12(2)18(13(3)9-14)16-10-15(22)11-17-19(16)25-21(23)26-20(17)24/h6-11H,4-5H2,1-3H3,(H2,24,25,26)/b7-6+. The maximum Gasteiger partial charge on any atom is 0.224 e. The molecule has 26 heavy (non-hydrogen) atoms. The first-order valence-corrected chi connectivity index (χ1v) is 9.78.